The topological polar surface area (TPSA) is 18.5 Å². The van der Waals surface area contributed by atoms with Gasteiger partial charge in [-0.25, -0.2) is 0 Å². The summed E-state index contributed by atoms with van der Waals surface area (Å²) in [5.41, 5.74) is 2.40. The Balaban J connectivity index is 1.98. The van der Waals surface area contributed by atoms with E-state index >= 15 is 0 Å². The van der Waals surface area contributed by atoms with E-state index < -0.39 is 0 Å². The SMILES string of the molecule is Cc1ccc(C2OCC(C[SiH3])CO2)cc1. The lowest BCUT2D eigenvalue weighted by atomic mass is 10.1. The summed E-state index contributed by atoms with van der Waals surface area (Å²) < 4.78 is 11.4. The Morgan fingerprint density at radius 2 is 1.80 bits per heavy atom. The standard InChI is InChI=1S/C12H18O2Si/c1-9-2-4-11(5-3-9)12-13-6-10(8-15)7-14-12/h2-5,10,12H,6-8H2,1,15H3. The summed E-state index contributed by atoms with van der Waals surface area (Å²) in [6.07, 6.45) is -0.143. The van der Waals surface area contributed by atoms with Crippen LogP contribution in [0.1, 0.15) is 17.4 Å². The van der Waals surface area contributed by atoms with Crippen LogP contribution in [0.5, 0.6) is 0 Å². The molecular weight excluding hydrogens is 204 g/mol. The smallest absolute Gasteiger partial charge is 0.183 e. The van der Waals surface area contributed by atoms with Crippen LogP contribution in [0.3, 0.4) is 0 Å². The molecule has 0 saturated carbocycles. The number of aryl methyl sites for hydroxylation is 1. The molecular formula is C12H18O2Si. The summed E-state index contributed by atoms with van der Waals surface area (Å²) in [5, 5.41) is 0. The van der Waals surface area contributed by atoms with Gasteiger partial charge < -0.3 is 9.47 Å². The van der Waals surface area contributed by atoms with E-state index in [1.165, 1.54) is 21.9 Å². The van der Waals surface area contributed by atoms with Crippen molar-refractivity contribution in [1.82, 2.24) is 0 Å². The lowest BCUT2D eigenvalue weighted by Crippen LogP contribution is -2.26. The maximum atomic E-state index is 5.71. The second kappa shape index (κ2) is 4.92. The summed E-state index contributed by atoms with van der Waals surface area (Å²) in [5.74, 6) is 0.623. The molecule has 0 bridgehead atoms. The molecule has 0 N–H and O–H groups in total. The zero-order valence-electron chi connectivity index (χ0n) is 9.40. The predicted molar refractivity (Wildman–Crippen MR) is 64.1 cm³/mol. The first-order valence-corrected chi connectivity index (χ1v) is 7.00. The van der Waals surface area contributed by atoms with E-state index in [-0.39, 0.29) is 6.29 Å². The quantitative estimate of drug-likeness (QED) is 0.705. The molecule has 1 aromatic rings. The molecule has 1 saturated heterocycles. The molecule has 15 heavy (non-hydrogen) atoms. The number of hydrogen-bond acceptors (Lipinski definition) is 2. The van der Waals surface area contributed by atoms with Crippen LogP contribution in [0, 0.1) is 12.8 Å². The van der Waals surface area contributed by atoms with Gasteiger partial charge in [0.1, 0.15) is 0 Å². The molecule has 0 unspecified atom stereocenters. The van der Waals surface area contributed by atoms with Crippen LogP contribution in [0.4, 0.5) is 0 Å². The molecule has 82 valence electrons. The van der Waals surface area contributed by atoms with Crippen LogP contribution < -0.4 is 0 Å². The number of benzene rings is 1. The third-order valence-electron chi connectivity index (χ3n) is 2.89. The van der Waals surface area contributed by atoms with Crippen LogP contribution in [0.25, 0.3) is 0 Å². The monoisotopic (exact) mass is 222 g/mol. The van der Waals surface area contributed by atoms with Gasteiger partial charge in [0.25, 0.3) is 0 Å². The zero-order chi connectivity index (χ0) is 10.7. The van der Waals surface area contributed by atoms with Crippen molar-refractivity contribution in [3.05, 3.63) is 35.4 Å². The Bertz CT molecular complexity index is 302. The van der Waals surface area contributed by atoms with Crippen LogP contribution in [-0.2, 0) is 9.47 Å². The van der Waals surface area contributed by atoms with Gasteiger partial charge in [0, 0.05) is 21.7 Å². The number of rotatable bonds is 2. The van der Waals surface area contributed by atoms with Crippen molar-refractivity contribution >= 4 is 10.2 Å². The third-order valence-corrected chi connectivity index (χ3v) is 4.05. The minimum absolute atomic E-state index is 0.143. The number of hydrogen-bond donors (Lipinski definition) is 0. The molecule has 1 aliphatic heterocycles. The first-order chi connectivity index (χ1) is 7.29. The van der Waals surface area contributed by atoms with E-state index in [1.807, 2.05) is 0 Å². The minimum atomic E-state index is -0.143. The highest BCUT2D eigenvalue weighted by atomic mass is 28.1. The molecule has 0 aromatic heterocycles. The molecule has 1 fully saturated rings. The van der Waals surface area contributed by atoms with Crippen molar-refractivity contribution < 1.29 is 9.47 Å². The van der Waals surface area contributed by atoms with Gasteiger partial charge in [-0.15, -0.1) is 0 Å². The van der Waals surface area contributed by atoms with Crippen molar-refractivity contribution in [3.63, 3.8) is 0 Å². The largest absolute Gasteiger partial charge is 0.348 e. The van der Waals surface area contributed by atoms with Crippen LogP contribution in [-0.4, -0.2) is 23.5 Å². The maximum absolute atomic E-state index is 5.71. The summed E-state index contributed by atoms with van der Waals surface area (Å²) in [6, 6.07) is 9.63. The van der Waals surface area contributed by atoms with Crippen molar-refractivity contribution in [2.24, 2.45) is 5.92 Å². The summed E-state index contributed by atoms with van der Waals surface area (Å²) in [7, 11) is 1.23. The van der Waals surface area contributed by atoms with E-state index in [9.17, 15) is 0 Å². The minimum Gasteiger partial charge on any atom is -0.348 e. The van der Waals surface area contributed by atoms with Gasteiger partial charge in [-0.05, 0) is 6.92 Å². The van der Waals surface area contributed by atoms with E-state index in [1.54, 1.807) is 0 Å². The Morgan fingerprint density at radius 1 is 1.20 bits per heavy atom. The fourth-order valence-corrected chi connectivity index (χ4v) is 2.17. The average Bonchev–Trinajstić information content (AvgIpc) is 2.30. The van der Waals surface area contributed by atoms with Gasteiger partial charge in [-0.1, -0.05) is 35.9 Å². The fourth-order valence-electron chi connectivity index (χ4n) is 1.69. The van der Waals surface area contributed by atoms with Crippen molar-refractivity contribution in [3.8, 4) is 0 Å². The first-order valence-electron chi connectivity index (χ1n) is 5.59. The molecule has 0 spiro atoms. The molecule has 2 nitrogen and oxygen atoms in total. The molecule has 1 aliphatic rings. The molecule has 1 heterocycles. The molecule has 1 aromatic carbocycles. The Hall–Kier alpha value is -0.643. The lowest BCUT2D eigenvalue weighted by Gasteiger charge is -2.29. The van der Waals surface area contributed by atoms with Gasteiger partial charge in [0.05, 0.1) is 13.2 Å². The normalized spacial score (nSPS) is 26.7. The van der Waals surface area contributed by atoms with Gasteiger partial charge in [-0.2, -0.15) is 0 Å². The van der Waals surface area contributed by atoms with Gasteiger partial charge in [0.2, 0.25) is 0 Å². The Labute approximate surface area is 94.0 Å². The van der Waals surface area contributed by atoms with Crippen molar-refractivity contribution in [1.29, 1.82) is 0 Å². The average molecular weight is 222 g/mol. The summed E-state index contributed by atoms with van der Waals surface area (Å²) >= 11 is 0. The zero-order valence-corrected chi connectivity index (χ0v) is 11.4. The highest BCUT2D eigenvalue weighted by molar-refractivity contribution is 6.08. The van der Waals surface area contributed by atoms with E-state index in [0.717, 1.165) is 18.8 Å². The molecule has 0 aliphatic carbocycles. The van der Waals surface area contributed by atoms with Crippen LogP contribution >= 0.6 is 0 Å². The van der Waals surface area contributed by atoms with Gasteiger partial charge in [0.15, 0.2) is 6.29 Å². The van der Waals surface area contributed by atoms with Crippen molar-refractivity contribution in [2.45, 2.75) is 19.3 Å². The fraction of sp³-hybridized carbons (Fsp3) is 0.500. The molecule has 3 heteroatoms. The summed E-state index contributed by atoms with van der Waals surface area (Å²) in [4.78, 5) is 0. The molecule has 0 amide bonds. The first kappa shape index (κ1) is 10.9. The second-order valence-electron chi connectivity index (χ2n) is 4.18. The van der Waals surface area contributed by atoms with Crippen LogP contribution in [0.15, 0.2) is 24.3 Å². The van der Waals surface area contributed by atoms with Gasteiger partial charge >= 0.3 is 0 Å². The third kappa shape index (κ3) is 2.68. The molecule has 0 radical (unpaired) electrons. The highest BCUT2D eigenvalue weighted by Gasteiger charge is 2.21. The highest BCUT2D eigenvalue weighted by Crippen LogP contribution is 2.25. The van der Waals surface area contributed by atoms with E-state index in [2.05, 4.69) is 31.2 Å². The van der Waals surface area contributed by atoms with Crippen molar-refractivity contribution in [2.75, 3.05) is 13.2 Å². The maximum Gasteiger partial charge on any atom is 0.183 e. The summed E-state index contributed by atoms with van der Waals surface area (Å²) in [6.45, 7) is 3.79. The van der Waals surface area contributed by atoms with Gasteiger partial charge in [-0.3, -0.25) is 0 Å². The Kier molecular flexibility index (Phi) is 3.56. The van der Waals surface area contributed by atoms with E-state index in [4.69, 9.17) is 9.47 Å². The lowest BCUT2D eigenvalue weighted by molar-refractivity contribution is -0.202. The second-order valence-corrected chi connectivity index (χ2v) is 5.00. The molecule has 0 atom stereocenters. The van der Waals surface area contributed by atoms with Crippen LogP contribution in [0.2, 0.25) is 6.04 Å². The molecule has 2 rings (SSSR count). The number of ether oxygens (including phenoxy) is 2. The van der Waals surface area contributed by atoms with E-state index in [0.29, 0.717) is 5.92 Å². The predicted octanol–water partition coefficient (Wildman–Crippen LogP) is 1.44. The Morgan fingerprint density at radius 3 is 2.33 bits per heavy atom.